The third-order valence-electron chi connectivity index (χ3n) is 0.425. The second-order valence-electron chi connectivity index (χ2n) is 1.53. The van der Waals surface area contributed by atoms with Crippen molar-refractivity contribution < 1.29 is 4.21 Å². The average Bonchev–Trinajstić information content (AvgIpc) is 2.11. The van der Waals surface area contributed by atoms with E-state index in [-0.39, 0.29) is 0 Å². The van der Waals surface area contributed by atoms with Crippen molar-refractivity contribution in [2.45, 2.75) is 0 Å². The molecule has 0 aliphatic carbocycles. The van der Waals surface area contributed by atoms with Crippen molar-refractivity contribution in [3.8, 4) is 0 Å². The predicted octanol–water partition coefficient (Wildman–Crippen LogP) is 1.74. The minimum atomic E-state index is -0.611. The molecular weight excluding hydrogens is 152 g/mol. The molecule has 0 aliphatic rings. The van der Waals surface area contributed by atoms with Crippen LogP contribution in [0, 0.1) is 0 Å². The van der Waals surface area contributed by atoms with E-state index in [2.05, 4.69) is 0 Å². The molecule has 0 N–H and O–H groups in total. The van der Waals surface area contributed by atoms with Crippen molar-refractivity contribution in [1.82, 2.24) is 0 Å². The van der Waals surface area contributed by atoms with Crippen molar-refractivity contribution in [3.05, 3.63) is 22.9 Å². The maximum atomic E-state index is 9.56. The molecule has 1 rings (SSSR count). The molecule has 0 saturated heterocycles. The molecule has 0 bridgehead atoms. The molecule has 0 spiro atoms. The third-order valence-corrected chi connectivity index (χ3v) is 1.05. The summed E-state index contributed by atoms with van der Waals surface area (Å²) in [6, 6.07) is 4.04. The first-order valence-corrected chi connectivity index (χ1v) is 5.36. The zero-order valence-corrected chi connectivity index (χ0v) is 7.17. The largest absolute Gasteiger partial charge is 0.260 e. The number of rotatable bonds is 0. The summed E-state index contributed by atoms with van der Waals surface area (Å²) in [5.41, 5.74) is 0. The van der Waals surface area contributed by atoms with Gasteiger partial charge in [-0.2, -0.15) is 11.3 Å². The van der Waals surface area contributed by atoms with Gasteiger partial charge in [-0.25, -0.2) is 0 Å². The first-order chi connectivity index (χ1) is 4.23. The second-order valence-corrected chi connectivity index (χ2v) is 3.83. The van der Waals surface area contributed by atoms with Crippen LogP contribution in [0.5, 0.6) is 0 Å². The maximum Gasteiger partial charge on any atom is 0.0148 e. The van der Waals surface area contributed by atoms with Gasteiger partial charge in [0.25, 0.3) is 0 Å². The lowest BCUT2D eigenvalue weighted by Crippen LogP contribution is -1.70. The minimum Gasteiger partial charge on any atom is -0.260 e. The van der Waals surface area contributed by atoms with Crippen molar-refractivity contribution in [2.75, 3.05) is 12.5 Å². The van der Waals surface area contributed by atoms with Crippen LogP contribution in [-0.4, -0.2) is 16.7 Å². The Bertz CT molecular complexity index is 125. The van der Waals surface area contributed by atoms with Gasteiger partial charge in [-0.05, 0) is 10.8 Å². The lowest BCUT2D eigenvalue weighted by atomic mass is 10.7. The zero-order valence-electron chi connectivity index (χ0n) is 5.53. The van der Waals surface area contributed by atoms with Gasteiger partial charge < -0.3 is 0 Å². The van der Waals surface area contributed by atoms with E-state index in [4.69, 9.17) is 0 Å². The number of thiophene rings is 1. The molecule has 1 aromatic rings. The summed E-state index contributed by atoms with van der Waals surface area (Å²) in [6.07, 6.45) is 3.28. The molecule has 0 aliphatic heterocycles. The molecule has 52 valence electrons. The average molecular weight is 162 g/mol. The van der Waals surface area contributed by atoms with Gasteiger partial charge in [-0.3, -0.25) is 4.21 Å². The Labute approximate surface area is 62.2 Å². The van der Waals surface area contributed by atoms with Crippen LogP contribution >= 0.6 is 11.3 Å². The van der Waals surface area contributed by atoms with Crippen LogP contribution in [0.2, 0.25) is 0 Å². The lowest BCUT2D eigenvalue weighted by Gasteiger charge is -1.60. The second kappa shape index (κ2) is 5.98. The normalized spacial score (nSPS) is 8.33. The number of hydrogen-bond acceptors (Lipinski definition) is 2. The Morgan fingerprint density at radius 3 is 1.67 bits per heavy atom. The van der Waals surface area contributed by atoms with E-state index in [1.165, 1.54) is 0 Å². The first kappa shape index (κ1) is 8.85. The maximum absolute atomic E-state index is 9.56. The SMILES string of the molecule is CS(C)=O.c1ccsc1. The molecular formula is C6H10OS2. The van der Waals surface area contributed by atoms with Gasteiger partial charge in [0.15, 0.2) is 0 Å². The van der Waals surface area contributed by atoms with Gasteiger partial charge >= 0.3 is 0 Å². The van der Waals surface area contributed by atoms with Gasteiger partial charge in [0.1, 0.15) is 0 Å². The molecule has 0 atom stereocenters. The van der Waals surface area contributed by atoms with Gasteiger partial charge in [-0.15, -0.1) is 0 Å². The van der Waals surface area contributed by atoms with Crippen molar-refractivity contribution in [2.24, 2.45) is 0 Å². The fraction of sp³-hybridized carbons (Fsp3) is 0.333. The van der Waals surface area contributed by atoms with Gasteiger partial charge in [0, 0.05) is 23.3 Å². The van der Waals surface area contributed by atoms with E-state index in [0.29, 0.717) is 0 Å². The quantitative estimate of drug-likeness (QED) is 0.568. The Morgan fingerprint density at radius 2 is 1.56 bits per heavy atom. The summed E-state index contributed by atoms with van der Waals surface area (Å²) in [7, 11) is -0.611. The molecule has 0 saturated carbocycles. The molecule has 0 amide bonds. The van der Waals surface area contributed by atoms with E-state index in [1.54, 1.807) is 23.8 Å². The lowest BCUT2D eigenvalue weighted by molar-refractivity contribution is 0.690. The molecule has 9 heavy (non-hydrogen) atoms. The van der Waals surface area contributed by atoms with Gasteiger partial charge in [-0.1, -0.05) is 12.1 Å². The highest BCUT2D eigenvalue weighted by molar-refractivity contribution is 7.83. The fourth-order valence-electron chi connectivity index (χ4n) is 0.227. The standard InChI is InChI=1S/C4H4S.C2H6OS/c1-2-4-5-3-1;1-4(2)3/h1-4H;1-2H3. The fourth-order valence-corrected chi connectivity index (χ4v) is 0.680. The summed E-state index contributed by atoms with van der Waals surface area (Å²) >= 11 is 1.71. The van der Waals surface area contributed by atoms with Gasteiger partial charge in [0.05, 0.1) is 0 Å². The zero-order chi connectivity index (χ0) is 7.11. The van der Waals surface area contributed by atoms with E-state index in [9.17, 15) is 4.21 Å². The monoisotopic (exact) mass is 162 g/mol. The summed E-state index contributed by atoms with van der Waals surface area (Å²) in [5, 5.41) is 4.08. The summed E-state index contributed by atoms with van der Waals surface area (Å²) in [5.74, 6) is 0. The first-order valence-electron chi connectivity index (χ1n) is 2.45. The van der Waals surface area contributed by atoms with Crippen molar-refractivity contribution in [1.29, 1.82) is 0 Å². The third kappa shape index (κ3) is 11.4. The summed E-state index contributed by atoms with van der Waals surface area (Å²) in [4.78, 5) is 0. The van der Waals surface area contributed by atoms with Crippen LogP contribution in [0.25, 0.3) is 0 Å². The summed E-state index contributed by atoms with van der Waals surface area (Å²) < 4.78 is 9.56. The van der Waals surface area contributed by atoms with Crippen LogP contribution in [0.3, 0.4) is 0 Å². The summed E-state index contributed by atoms with van der Waals surface area (Å²) in [6.45, 7) is 0. The molecule has 3 heteroatoms. The van der Waals surface area contributed by atoms with Crippen molar-refractivity contribution in [3.63, 3.8) is 0 Å². The highest BCUT2D eigenvalue weighted by Crippen LogP contribution is 1.91. The molecule has 0 fully saturated rings. The van der Waals surface area contributed by atoms with Crippen LogP contribution in [0.1, 0.15) is 0 Å². The van der Waals surface area contributed by atoms with E-state index in [0.717, 1.165) is 0 Å². The molecule has 0 unspecified atom stereocenters. The van der Waals surface area contributed by atoms with Crippen LogP contribution in [0.4, 0.5) is 0 Å². The molecule has 1 aromatic heterocycles. The van der Waals surface area contributed by atoms with E-state index in [1.807, 2.05) is 22.9 Å². The van der Waals surface area contributed by atoms with Crippen LogP contribution in [0.15, 0.2) is 22.9 Å². The highest BCUT2D eigenvalue weighted by atomic mass is 32.2. The predicted molar refractivity (Wildman–Crippen MR) is 44.3 cm³/mol. The Balaban J connectivity index is 0.000000148. The Hall–Kier alpha value is -0.150. The Kier molecular flexibility index (Phi) is 5.88. The number of hydrogen-bond donors (Lipinski definition) is 0. The smallest absolute Gasteiger partial charge is 0.0148 e. The highest BCUT2D eigenvalue weighted by Gasteiger charge is 1.58. The van der Waals surface area contributed by atoms with E-state index >= 15 is 0 Å². The topological polar surface area (TPSA) is 17.1 Å². The molecule has 0 radical (unpaired) electrons. The molecule has 1 heterocycles. The Morgan fingerprint density at radius 1 is 1.22 bits per heavy atom. The van der Waals surface area contributed by atoms with Crippen LogP contribution in [-0.2, 0) is 10.8 Å². The van der Waals surface area contributed by atoms with Gasteiger partial charge in [0.2, 0.25) is 0 Å². The van der Waals surface area contributed by atoms with E-state index < -0.39 is 10.8 Å². The molecule has 0 aromatic carbocycles. The van der Waals surface area contributed by atoms with Crippen molar-refractivity contribution >= 4 is 22.1 Å². The minimum absolute atomic E-state index is 0.611. The molecule has 1 nitrogen and oxygen atoms in total. The van der Waals surface area contributed by atoms with Crippen LogP contribution < -0.4 is 0 Å².